The molecular weight excluding hydrogens is 264 g/mol. The Balaban J connectivity index is 0. The van der Waals surface area contributed by atoms with E-state index in [4.69, 9.17) is 0 Å². The van der Waals surface area contributed by atoms with Gasteiger partial charge in [-0.05, 0) is 0 Å². The minimum Gasteiger partial charge on any atom is -0.412 e. The summed E-state index contributed by atoms with van der Waals surface area (Å²) < 4.78 is 3.20. The van der Waals surface area contributed by atoms with Crippen LogP contribution in [0.25, 0.3) is 0 Å². The average Bonchev–Trinajstić information content (AvgIpc) is 2.03. The molecule has 0 unspecified atom stereocenters. The molecule has 2 N–H and O–H groups in total. The Morgan fingerprint density at radius 1 is 0.750 bits per heavy atom. The Kier molecular flexibility index (Phi) is 18.1. The largest absolute Gasteiger partial charge is 0.412 e. The third-order valence-corrected chi connectivity index (χ3v) is 5.08. The van der Waals surface area contributed by atoms with E-state index in [0.717, 1.165) is 0 Å². The first-order valence-electron chi connectivity index (χ1n) is 4.99. The quantitative estimate of drug-likeness (QED) is 0.485. The second-order valence-electron chi connectivity index (χ2n) is 3.03. The predicted octanol–water partition coefficient (Wildman–Crippen LogP) is 3.08. The van der Waals surface area contributed by atoms with E-state index in [9.17, 15) is 0 Å². The molecule has 0 aliphatic heterocycles. The third kappa shape index (κ3) is 13.3. The molecule has 1 nitrogen and oxygen atoms in total. The van der Waals surface area contributed by atoms with E-state index < -0.39 is 0 Å². The van der Waals surface area contributed by atoms with Crippen molar-refractivity contribution in [2.45, 2.75) is 61.3 Å². The van der Waals surface area contributed by atoms with Gasteiger partial charge in [-0.3, -0.25) is 0 Å². The molecule has 0 radical (unpaired) electrons. The summed E-state index contributed by atoms with van der Waals surface area (Å²) in [5.41, 5.74) is 0. The van der Waals surface area contributed by atoms with Gasteiger partial charge in [0, 0.05) is 0 Å². The van der Waals surface area contributed by atoms with E-state index in [1.807, 2.05) is 0 Å². The molecule has 0 heterocycles. The number of hydrogen-bond acceptors (Lipinski definition) is 0. The maximum Gasteiger partial charge on any atom is -0.412 e. The molecule has 0 aliphatic rings. The molecule has 0 atom stereocenters. The van der Waals surface area contributed by atoms with Crippen LogP contribution in [0.3, 0.4) is 0 Å². The summed E-state index contributed by atoms with van der Waals surface area (Å²) in [6, 6.07) is 0. The second-order valence-corrected chi connectivity index (χ2v) is 6.52. The van der Waals surface area contributed by atoms with Gasteiger partial charge in [0.25, 0.3) is 0 Å². The van der Waals surface area contributed by atoms with Gasteiger partial charge in [0.1, 0.15) is 0 Å². The summed E-state index contributed by atoms with van der Waals surface area (Å²) in [6.45, 7) is 4.58. The number of rotatable bonds is 8. The van der Waals surface area contributed by atoms with E-state index >= 15 is 0 Å². The Hall–Kier alpha value is 0.750. The molecule has 0 amide bonds. The second kappa shape index (κ2) is 14.3. The van der Waals surface area contributed by atoms with Crippen molar-refractivity contribution < 1.29 is 5.48 Å². The monoisotopic (exact) mass is 290 g/mol. The van der Waals surface area contributed by atoms with Crippen molar-refractivity contribution >= 4 is 20.9 Å². The van der Waals surface area contributed by atoms with Gasteiger partial charge in [-0.1, -0.05) is 0 Å². The van der Waals surface area contributed by atoms with Gasteiger partial charge in [-0.25, -0.2) is 0 Å². The summed E-state index contributed by atoms with van der Waals surface area (Å²) >= 11 is 0.441. The van der Waals surface area contributed by atoms with Crippen molar-refractivity contribution in [1.29, 1.82) is 0 Å². The molecule has 0 aliphatic carbocycles. The summed E-state index contributed by atoms with van der Waals surface area (Å²) in [7, 11) is 0. The maximum absolute atomic E-state index is 2.29. The maximum atomic E-state index is 2.29. The first kappa shape index (κ1) is 15.2. The van der Waals surface area contributed by atoms with Crippen molar-refractivity contribution in [1.82, 2.24) is 0 Å². The molecule has 12 heavy (non-hydrogen) atoms. The van der Waals surface area contributed by atoms with E-state index in [2.05, 4.69) is 13.8 Å². The standard InChI is InChI=1S/C10H22Te.H2O/c1-3-5-7-9-11-10-8-6-4-2;/h3-10H2,1-2H3;1H2. The van der Waals surface area contributed by atoms with Crippen LogP contribution < -0.4 is 0 Å². The van der Waals surface area contributed by atoms with Crippen LogP contribution in [-0.4, -0.2) is 26.4 Å². The minimum absolute atomic E-state index is 0. The van der Waals surface area contributed by atoms with Gasteiger partial charge in [0.15, 0.2) is 0 Å². The molecule has 0 aromatic carbocycles. The predicted molar refractivity (Wildman–Crippen MR) is 58.0 cm³/mol. The zero-order valence-electron chi connectivity index (χ0n) is 8.57. The van der Waals surface area contributed by atoms with E-state index in [0.29, 0.717) is 20.9 Å². The summed E-state index contributed by atoms with van der Waals surface area (Å²) in [5, 5.41) is 0. The van der Waals surface area contributed by atoms with Crippen LogP contribution in [-0.2, 0) is 0 Å². The Labute approximate surface area is 87.7 Å². The summed E-state index contributed by atoms with van der Waals surface area (Å²) in [5.74, 6) is 0. The fourth-order valence-electron chi connectivity index (χ4n) is 1.01. The fourth-order valence-corrected chi connectivity index (χ4v) is 3.92. The molecule has 0 aromatic heterocycles. The fraction of sp³-hybridized carbons (Fsp3) is 1.00. The average molecular weight is 288 g/mol. The molecule has 76 valence electrons. The van der Waals surface area contributed by atoms with Crippen LogP contribution >= 0.6 is 0 Å². The zero-order valence-corrected chi connectivity index (χ0v) is 10.9. The normalized spacial score (nSPS) is 9.50. The van der Waals surface area contributed by atoms with Crippen molar-refractivity contribution in [3.8, 4) is 0 Å². The van der Waals surface area contributed by atoms with Crippen LogP contribution in [0.5, 0.6) is 0 Å². The van der Waals surface area contributed by atoms with Crippen molar-refractivity contribution in [2.75, 3.05) is 0 Å². The Bertz CT molecular complexity index is 58.9. The van der Waals surface area contributed by atoms with Gasteiger partial charge in [0.2, 0.25) is 0 Å². The van der Waals surface area contributed by atoms with E-state index in [-0.39, 0.29) is 5.48 Å². The molecule has 0 aromatic rings. The van der Waals surface area contributed by atoms with Crippen LogP contribution in [0.2, 0.25) is 8.94 Å². The molecule has 0 spiro atoms. The van der Waals surface area contributed by atoms with E-state index in [1.54, 1.807) is 8.94 Å². The first-order chi connectivity index (χ1) is 5.41. The molecule has 0 rings (SSSR count). The molecule has 2 heteroatoms. The van der Waals surface area contributed by atoms with Gasteiger partial charge in [-0.2, -0.15) is 0 Å². The molecule has 0 bridgehead atoms. The molecule has 0 saturated heterocycles. The van der Waals surface area contributed by atoms with Crippen molar-refractivity contribution in [2.24, 2.45) is 0 Å². The smallest absolute Gasteiger partial charge is 0.412 e. The number of hydrogen-bond donors (Lipinski definition) is 0. The Morgan fingerprint density at radius 3 is 1.50 bits per heavy atom. The molecule has 0 fully saturated rings. The first-order valence-corrected chi connectivity index (χ1v) is 8.29. The van der Waals surface area contributed by atoms with Crippen LogP contribution in [0.15, 0.2) is 0 Å². The van der Waals surface area contributed by atoms with E-state index in [1.165, 1.54) is 38.5 Å². The number of unbranched alkanes of at least 4 members (excludes halogenated alkanes) is 4. The molecule has 0 saturated carbocycles. The van der Waals surface area contributed by atoms with Crippen LogP contribution in [0, 0.1) is 0 Å². The van der Waals surface area contributed by atoms with Gasteiger partial charge in [-0.15, -0.1) is 0 Å². The van der Waals surface area contributed by atoms with Crippen molar-refractivity contribution in [3.05, 3.63) is 0 Å². The topological polar surface area (TPSA) is 31.5 Å². The van der Waals surface area contributed by atoms with Crippen LogP contribution in [0.1, 0.15) is 52.4 Å². The zero-order chi connectivity index (χ0) is 8.36. The summed E-state index contributed by atoms with van der Waals surface area (Å²) in [4.78, 5) is 0. The van der Waals surface area contributed by atoms with Gasteiger partial charge >= 0.3 is 82.2 Å². The van der Waals surface area contributed by atoms with Gasteiger partial charge < -0.3 is 5.48 Å². The SMILES string of the molecule is CCCCC[Te]CCCCC.O. The Morgan fingerprint density at radius 2 is 1.17 bits per heavy atom. The van der Waals surface area contributed by atoms with Gasteiger partial charge in [0.05, 0.1) is 0 Å². The summed E-state index contributed by atoms with van der Waals surface area (Å²) in [6.07, 6.45) is 8.76. The third-order valence-electron chi connectivity index (χ3n) is 1.78. The molecular formula is C10H24OTe. The van der Waals surface area contributed by atoms with Crippen LogP contribution in [0.4, 0.5) is 0 Å². The minimum atomic E-state index is 0. The van der Waals surface area contributed by atoms with Crippen molar-refractivity contribution in [3.63, 3.8) is 0 Å².